The van der Waals surface area contributed by atoms with Crippen molar-refractivity contribution in [2.45, 2.75) is 43.0 Å². The maximum atomic E-state index is 13.1. The molecule has 1 amide bonds. The van der Waals surface area contributed by atoms with E-state index >= 15 is 0 Å². The predicted molar refractivity (Wildman–Crippen MR) is 109 cm³/mol. The van der Waals surface area contributed by atoms with Crippen LogP contribution in [0.2, 0.25) is 0 Å². The molecule has 2 aromatic rings. The quantitative estimate of drug-likeness (QED) is 0.812. The number of rotatable bonds is 6. The Balaban J connectivity index is 1.40. The molecule has 148 valence electrons. The van der Waals surface area contributed by atoms with E-state index in [-0.39, 0.29) is 16.8 Å². The molecule has 0 spiro atoms. The summed E-state index contributed by atoms with van der Waals surface area (Å²) < 4.78 is 27.7. The molecule has 1 saturated heterocycles. The van der Waals surface area contributed by atoms with Crippen molar-refractivity contribution in [3.05, 3.63) is 65.7 Å². The van der Waals surface area contributed by atoms with E-state index in [4.69, 9.17) is 0 Å². The molecule has 1 saturated carbocycles. The van der Waals surface area contributed by atoms with Crippen LogP contribution in [0.1, 0.15) is 41.6 Å². The molecule has 2 fully saturated rings. The van der Waals surface area contributed by atoms with E-state index < -0.39 is 10.0 Å². The normalized spacial score (nSPS) is 18.7. The number of sulfonamides is 1. The Labute approximate surface area is 166 Å². The summed E-state index contributed by atoms with van der Waals surface area (Å²) in [5.74, 6) is 0.311. The minimum absolute atomic E-state index is 0.193. The van der Waals surface area contributed by atoms with Crippen LogP contribution in [0.3, 0.4) is 0 Å². The lowest BCUT2D eigenvalue weighted by Crippen LogP contribution is -2.39. The summed E-state index contributed by atoms with van der Waals surface area (Å²) in [6.45, 7) is 1.05. The van der Waals surface area contributed by atoms with E-state index in [0.717, 1.165) is 32.1 Å². The fourth-order valence-electron chi connectivity index (χ4n) is 3.74. The highest BCUT2D eigenvalue weighted by Crippen LogP contribution is 2.27. The zero-order valence-corrected chi connectivity index (χ0v) is 16.7. The van der Waals surface area contributed by atoms with Gasteiger partial charge in [-0.05, 0) is 61.8 Å². The number of hydrogen-bond donors (Lipinski definition) is 1. The minimum atomic E-state index is -3.57. The third-order valence-electron chi connectivity index (χ3n) is 5.59. The highest BCUT2D eigenvalue weighted by atomic mass is 32.2. The molecule has 0 aromatic heterocycles. The lowest BCUT2D eigenvalue weighted by Gasteiger charge is -2.31. The van der Waals surface area contributed by atoms with Gasteiger partial charge in [-0.2, -0.15) is 4.31 Å². The number of hydrogen-bond acceptors (Lipinski definition) is 3. The molecule has 2 aliphatic rings. The molecule has 2 aromatic carbocycles. The SMILES string of the molecule is O=C(NC1CC1)c1cccc(S(=O)(=O)N2CCC(Cc3ccccc3)CC2)c1. The number of nitrogens with one attached hydrogen (secondary N) is 1. The average Bonchev–Trinajstić information content (AvgIpc) is 3.53. The first kappa shape index (κ1) is 19.2. The summed E-state index contributed by atoms with van der Waals surface area (Å²) in [4.78, 5) is 12.5. The molecular formula is C22H26N2O3S. The van der Waals surface area contributed by atoms with E-state index in [9.17, 15) is 13.2 Å². The van der Waals surface area contributed by atoms with Gasteiger partial charge in [-0.3, -0.25) is 4.79 Å². The Morgan fingerprint density at radius 2 is 1.68 bits per heavy atom. The van der Waals surface area contributed by atoms with Crippen LogP contribution in [0.4, 0.5) is 0 Å². The van der Waals surface area contributed by atoms with Crippen LogP contribution in [0.5, 0.6) is 0 Å². The molecule has 0 unspecified atom stereocenters. The van der Waals surface area contributed by atoms with Gasteiger partial charge in [0.25, 0.3) is 5.91 Å². The monoisotopic (exact) mass is 398 g/mol. The molecule has 28 heavy (non-hydrogen) atoms. The fourth-order valence-corrected chi connectivity index (χ4v) is 5.26. The van der Waals surface area contributed by atoms with Gasteiger partial charge in [0, 0.05) is 24.7 Å². The van der Waals surface area contributed by atoms with Crippen molar-refractivity contribution >= 4 is 15.9 Å². The number of carbonyl (C=O) groups excluding carboxylic acids is 1. The van der Waals surface area contributed by atoms with Crippen molar-refractivity contribution in [2.75, 3.05) is 13.1 Å². The standard InChI is InChI=1S/C22H26N2O3S/c25-22(23-20-9-10-20)19-7-4-8-21(16-19)28(26,27)24-13-11-18(12-14-24)15-17-5-2-1-3-6-17/h1-8,16,18,20H,9-15H2,(H,23,25). The van der Waals surface area contributed by atoms with Gasteiger partial charge in [0.15, 0.2) is 0 Å². The fraction of sp³-hybridized carbons (Fsp3) is 0.409. The Kier molecular flexibility index (Phi) is 5.51. The van der Waals surface area contributed by atoms with Crippen LogP contribution < -0.4 is 5.32 Å². The van der Waals surface area contributed by atoms with Crippen LogP contribution >= 0.6 is 0 Å². The first-order chi connectivity index (χ1) is 13.5. The van der Waals surface area contributed by atoms with Crippen molar-refractivity contribution < 1.29 is 13.2 Å². The molecule has 5 nitrogen and oxygen atoms in total. The van der Waals surface area contributed by atoms with Gasteiger partial charge >= 0.3 is 0 Å². The van der Waals surface area contributed by atoms with Gasteiger partial charge in [0.1, 0.15) is 0 Å². The minimum Gasteiger partial charge on any atom is -0.349 e. The van der Waals surface area contributed by atoms with Crippen LogP contribution in [0.15, 0.2) is 59.5 Å². The zero-order valence-electron chi connectivity index (χ0n) is 15.9. The summed E-state index contributed by atoms with van der Waals surface area (Å²) in [5.41, 5.74) is 1.71. The average molecular weight is 399 g/mol. The Bertz CT molecular complexity index is 931. The third kappa shape index (κ3) is 4.45. The second kappa shape index (κ2) is 8.05. The molecule has 0 radical (unpaired) electrons. The van der Waals surface area contributed by atoms with E-state index in [1.54, 1.807) is 22.5 Å². The molecule has 6 heteroatoms. The first-order valence-electron chi connectivity index (χ1n) is 9.97. The number of amides is 1. The van der Waals surface area contributed by atoms with Gasteiger partial charge in [0.05, 0.1) is 4.90 Å². The molecular weight excluding hydrogens is 372 g/mol. The van der Waals surface area contributed by atoms with E-state index in [0.29, 0.717) is 24.6 Å². The van der Waals surface area contributed by atoms with Gasteiger partial charge in [-0.15, -0.1) is 0 Å². The molecule has 1 aliphatic carbocycles. The molecule has 1 aliphatic heterocycles. The predicted octanol–water partition coefficient (Wildman–Crippen LogP) is 3.22. The number of carbonyl (C=O) groups is 1. The number of nitrogens with zero attached hydrogens (tertiary/aromatic N) is 1. The summed E-state index contributed by atoms with van der Waals surface area (Å²) in [7, 11) is -3.57. The zero-order chi connectivity index (χ0) is 19.6. The summed E-state index contributed by atoms with van der Waals surface area (Å²) in [6.07, 6.45) is 4.71. The highest BCUT2D eigenvalue weighted by molar-refractivity contribution is 7.89. The van der Waals surface area contributed by atoms with Gasteiger partial charge in [0.2, 0.25) is 10.0 Å². The lowest BCUT2D eigenvalue weighted by molar-refractivity contribution is 0.0951. The number of piperidine rings is 1. The lowest BCUT2D eigenvalue weighted by atomic mass is 9.91. The molecule has 1 heterocycles. The Morgan fingerprint density at radius 1 is 0.964 bits per heavy atom. The molecule has 1 N–H and O–H groups in total. The topological polar surface area (TPSA) is 66.5 Å². The van der Waals surface area contributed by atoms with Crippen LogP contribution in [0, 0.1) is 5.92 Å². The van der Waals surface area contributed by atoms with E-state index in [2.05, 4.69) is 17.4 Å². The highest BCUT2D eigenvalue weighted by Gasteiger charge is 2.30. The summed E-state index contributed by atoms with van der Waals surface area (Å²) >= 11 is 0. The van der Waals surface area contributed by atoms with Crippen molar-refractivity contribution in [3.63, 3.8) is 0 Å². The van der Waals surface area contributed by atoms with E-state index in [1.807, 2.05) is 18.2 Å². The van der Waals surface area contributed by atoms with Gasteiger partial charge < -0.3 is 5.32 Å². The third-order valence-corrected chi connectivity index (χ3v) is 7.48. The van der Waals surface area contributed by atoms with Crippen molar-refractivity contribution in [2.24, 2.45) is 5.92 Å². The summed E-state index contributed by atoms with van der Waals surface area (Å²) in [5, 5.41) is 2.91. The maximum Gasteiger partial charge on any atom is 0.251 e. The first-order valence-corrected chi connectivity index (χ1v) is 11.4. The summed E-state index contributed by atoms with van der Waals surface area (Å²) in [6, 6.07) is 17.0. The maximum absolute atomic E-state index is 13.1. The van der Waals surface area contributed by atoms with E-state index in [1.165, 1.54) is 11.6 Å². The molecule has 0 bridgehead atoms. The van der Waals surface area contributed by atoms with Gasteiger partial charge in [-0.1, -0.05) is 36.4 Å². The Hall–Kier alpha value is -2.18. The largest absolute Gasteiger partial charge is 0.349 e. The molecule has 4 rings (SSSR count). The molecule has 0 atom stereocenters. The second-order valence-electron chi connectivity index (χ2n) is 7.81. The van der Waals surface area contributed by atoms with Crippen molar-refractivity contribution in [3.8, 4) is 0 Å². The number of benzene rings is 2. The Morgan fingerprint density at radius 3 is 2.36 bits per heavy atom. The second-order valence-corrected chi connectivity index (χ2v) is 9.75. The van der Waals surface area contributed by atoms with Crippen molar-refractivity contribution in [1.29, 1.82) is 0 Å². The smallest absolute Gasteiger partial charge is 0.251 e. The van der Waals surface area contributed by atoms with Gasteiger partial charge in [-0.25, -0.2) is 8.42 Å². The van der Waals surface area contributed by atoms with Crippen LogP contribution in [0.25, 0.3) is 0 Å². The van der Waals surface area contributed by atoms with Crippen molar-refractivity contribution in [1.82, 2.24) is 9.62 Å². The van der Waals surface area contributed by atoms with Crippen LogP contribution in [-0.2, 0) is 16.4 Å². The van der Waals surface area contributed by atoms with Crippen LogP contribution in [-0.4, -0.2) is 37.8 Å².